The summed E-state index contributed by atoms with van der Waals surface area (Å²) in [5.74, 6) is -2.00. The molecule has 94 valence electrons. The molecule has 18 heavy (non-hydrogen) atoms. The van der Waals surface area contributed by atoms with Gasteiger partial charge in [0.1, 0.15) is 11.6 Å². The standard InChI is InChI=1S/C12H8ClF2NO2/c1-6-4-9(15)10(5-8(6)14)16-12(17)7-2-3-18-11(7)13/h2-5H,1H3,(H,16,17). The van der Waals surface area contributed by atoms with Crippen LogP contribution in [0.1, 0.15) is 15.9 Å². The smallest absolute Gasteiger partial charge is 0.260 e. The van der Waals surface area contributed by atoms with Gasteiger partial charge in [0, 0.05) is 6.07 Å². The van der Waals surface area contributed by atoms with Gasteiger partial charge in [0.15, 0.2) is 0 Å². The summed E-state index contributed by atoms with van der Waals surface area (Å²) in [5.41, 5.74) is -0.0377. The van der Waals surface area contributed by atoms with E-state index in [1.54, 1.807) is 0 Å². The van der Waals surface area contributed by atoms with Gasteiger partial charge in [-0.05, 0) is 36.2 Å². The Hall–Kier alpha value is -1.88. The van der Waals surface area contributed by atoms with Crippen molar-refractivity contribution >= 4 is 23.2 Å². The van der Waals surface area contributed by atoms with Crippen molar-refractivity contribution in [3.8, 4) is 0 Å². The molecule has 0 aliphatic heterocycles. The molecule has 1 heterocycles. The SMILES string of the molecule is Cc1cc(F)c(NC(=O)c2ccoc2Cl)cc1F. The molecular formula is C12H8ClF2NO2. The molecule has 0 aliphatic carbocycles. The van der Waals surface area contributed by atoms with E-state index >= 15 is 0 Å². The van der Waals surface area contributed by atoms with Crippen LogP contribution in [0.25, 0.3) is 0 Å². The number of hydrogen-bond acceptors (Lipinski definition) is 2. The van der Waals surface area contributed by atoms with Gasteiger partial charge >= 0.3 is 0 Å². The van der Waals surface area contributed by atoms with Gasteiger partial charge in [0.25, 0.3) is 5.91 Å². The topological polar surface area (TPSA) is 42.2 Å². The first-order valence-corrected chi connectivity index (χ1v) is 5.37. The Bertz CT molecular complexity index is 610. The van der Waals surface area contributed by atoms with Crippen molar-refractivity contribution in [2.45, 2.75) is 6.92 Å². The normalized spacial score (nSPS) is 10.4. The maximum Gasteiger partial charge on any atom is 0.260 e. The summed E-state index contributed by atoms with van der Waals surface area (Å²) in [4.78, 5) is 11.7. The van der Waals surface area contributed by atoms with Gasteiger partial charge < -0.3 is 9.73 Å². The van der Waals surface area contributed by atoms with Crippen LogP contribution in [0.5, 0.6) is 0 Å². The number of nitrogens with one attached hydrogen (secondary N) is 1. The van der Waals surface area contributed by atoms with Crippen molar-refractivity contribution in [3.63, 3.8) is 0 Å². The molecule has 0 aliphatic rings. The largest absolute Gasteiger partial charge is 0.452 e. The quantitative estimate of drug-likeness (QED) is 0.903. The highest BCUT2D eigenvalue weighted by atomic mass is 35.5. The van der Waals surface area contributed by atoms with E-state index in [4.69, 9.17) is 16.0 Å². The molecule has 0 unspecified atom stereocenters. The van der Waals surface area contributed by atoms with E-state index in [1.165, 1.54) is 19.3 Å². The Balaban J connectivity index is 2.28. The summed E-state index contributed by atoms with van der Waals surface area (Å²) in [5, 5.41) is 2.11. The first kappa shape index (κ1) is 12.6. The molecule has 1 aromatic carbocycles. The van der Waals surface area contributed by atoms with Crippen LogP contribution in [0.2, 0.25) is 5.22 Å². The molecule has 6 heteroatoms. The van der Waals surface area contributed by atoms with E-state index in [1.807, 2.05) is 0 Å². The number of hydrogen-bond donors (Lipinski definition) is 1. The Morgan fingerprint density at radius 2 is 2.06 bits per heavy atom. The Labute approximate surface area is 106 Å². The number of carbonyl (C=O) groups is 1. The number of carbonyl (C=O) groups excluding carboxylic acids is 1. The second-order valence-corrected chi connectivity index (χ2v) is 3.99. The van der Waals surface area contributed by atoms with E-state index in [0.29, 0.717) is 0 Å². The van der Waals surface area contributed by atoms with E-state index in [-0.39, 0.29) is 22.0 Å². The summed E-state index contributed by atoms with van der Waals surface area (Å²) in [6.07, 6.45) is 1.23. The molecule has 0 saturated carbocycles. The van der Waals surface area contributed by atoms with Crippen molar-refractivity contribution < 1.29 is 18.0 Å². The van der Waals surface area contributed by atoms with E-state index in [0.717, 1.165) is 12.1 Å². The van der Waals surface area contributed by atoms with Gasteiger partial charge in [-0.1, -0.05) is 0 Å². The number of amides is 1. The maximum atomic E-state index is 13.5. The lowest BCUT2D eigenvalue weighted by molar-refractivity contribution is 0.102. The summed E-state index contributed by atoms with van der Waals surface area (Å²) in [6, 6.07) is 3.25. The lowest BCUT2D eigenvalue weighted by Gasteiger charge is -2.07. The third kappa shape index (κ3) is 2.36. The summed E-state index contributed by atoms with van der Waals surface area (Å²) in [7, 11) is 0. The summed E-state index contributed by atoms with van der Waals surface area (Å²) < 4.78 is 31.5. The molecular weight excluding hydrogens is 264 g/mol. The molecule has 1 amide bonds. The van der Waals surface area contributed by atoms with Crippen LogP contribution >= 0.6 is 11.6 Å². The Morgan fingerprint density at radius 3 is 2.67 bits per heavy atom. The van der Waals surface area contributed by atoms with Gasteiger partial charge in [-0.15, -0.1) is 0 Å². The third-order valence-electron chi connectivity index (χ3n) is 2.36. The zero-order chi connectivity index (χ0) is 13.3. The van der Waals surface area contributed by atoms with Crippen LogP contribution in [-0.2, 0) is 0 Å². The average Bonchev–Trinajstić information content (AvgIpc) is 2.72. The highest BCUT2D eigenvalue weighted by Crippen LogP contribution is 2.22. The number of anilines is 1. The van der Waals surface area contributed by atoms with E-state index in [9.17, 15) is 13.6 Å². The number of furan rings is 1. The predicted molar refractivity (Wildman–Crippen MR) is 62.8 cm³/mol. The van der Waals surface area contributed by atoms with Gasteiger partial charge in [-0.25, -0.2) is 8.78 Å². The number of aryl methyl sites for hydroxylation is 1. The molecule has 3 nitrogen and oxygen atoms in total. The van der Waals surface area contributed by atoms with Gasteiger partial charge in [-0.2, -0.15) is 0 Å². The minimum absolute atomic E-state index is 0.0528. The molecule has 0 saturated heterocycles. The van der Waals surface area contributed by atoms with Crippen molar-refractivity contribution in [3.05, 3.63) is 52.4 Å². The molecule has 0 atom stereocenters. The number of rotatable bonds is 2. The van der Waals surface area contributed by atoms with Crippen LogP contribution in [0.15, 0.2) is 28.9 Å². The zero-order valence-corrected chi connectivity index (χ0v) is 10.0. The molecule has 2 aromatic rings. The summed E-state index contributed by atoms with van der Waals surface area (Å²) in [6.45, 7) is 1.43. The van der Waals surface area contributed by atoms with Crippen molar-refractivity contribution in [1.82, 2.24) is 0 Å². The van der Waals surface area contributed by atoms with Crippen LogP contribution in [0.3, 0.4) is 0 Å². The lowest BCUT2D eigenvalue weighted by Crippen LogP contribution is -2.13. The first-order valence-electron chi connectivity index (χ1n) is 4.99. The molecule has 0 bridgehead atoms. The summed E-state index contributed by atoms with van der Waals surface area (Å²) >= 11 is 5.60. The van der Waals surface area contributed by atoms with Gasteiger partial charge in [0.2, 0.25) is 5.22 Å². The molecule has 0 spiro atoms. The lowest BCUT2D eigenvalue weighted by atomic mass is 10.2. The minimum atomic E-state index is -0.720. The van der Waals surface area contributed by atoms with E-state index < -0.39 is 17.5 Å². The predicted octanol–water partition coefficient (Wildman–Crippen LogP) is 3.77. The van der Waals surface area contributed by atoms with Crippen LogP contribution in [0.4, 0.5) is 14.5 Å². The highest BCUT2D eigenvalue weighted by Gasteiger charge is 2.16. The highest BCUT2D eigenvalue weighted by molar-refractivity contribution is 6.32. The van der Waals surface area contributed by atoms with Crippen molar-refractivity contribution in [2.75, 3.05) is 5.32 Å². The minimum Gasteiger partial charge on any atom is -0.452 e. The van der Waals surface area contributed by atoms with Crippen LogP contribution in [0, 0.1) is 18.6 Å². The zero-order valence-electron chi connectivity index (χ0n) is 9.26. The second kappa shape index (κ2) is 4.78. The van der Waals surface area contributed by atoms with Crippen molar-refractivity contribution in [1.29, 1.82) is 0 Å². The van der Waals surface area contributed by atoms with E-state index in [2.05, 4.69) is 5.32 Å². The average molecular weight is 272 g/mol. The fourth-order valence-electron chi connectivity index (χ4n) is 1.39. The fourth-order valence-corrected chi connectivity index (χ4v) is 1.59. The molecule has 0 radical (unpaired) electrons. The Kier molecular flexibility index (Phi) is 3.34. The molecule has 1 aromatic heterocycles. The van der Waals surface area contributed by atoms with Gasteiger partial charge in [-0.3, -0.25) is 4.79 Å². The molecule has 2 rings (SSSR count). The monoisotopic (exact) mass is 271 g/mol. The first-order chi connectivity index (χ1) is 8.49. The van der Waals surface area contributed by atoms with Crippen molar-refractivity contribution in [2.24, 2.45) is 0 Å². The fraction of sp³-hybridized carbons (Fsp3) is 0.0833. The van der Waals surface area contributed by atoms with Crippen LogP contribution < -0.4 is 5.32 Å². The maximum absolute atomic E-state index is 13.5. The molecule has 0 fully saturated rings. The number of benzene rings is 1. The van der Waals surface area contributed by atoms with Crippen LogP contribution in [-0.4, -0.2) is 5.91 Å². The number of halogens is 3. The molecule has 1 N–H and O–H groups in total. The Morgan fingerprint density at radius 1 is 1.33 bits per heavy atom. The second-order valence-electron chi connectivity index (χ2n) is 3.64. The third-order valence-corrected chi connectivity index (χ3v) is 2.65. The van der Waals surface area contributed by atoms with Gasteiger partial charge in [0.05, 0.1) is 17.5 Å².